The molecule has 3 aliphatic carbocycles. The van der Waals surface area contributed by atoms with E-state index in [0.29, 0.717) is 17.3 Å². The summed E-state index contributed by atoms with van der Waals surface area (Å²) in [5, 5.41) is 2.71. The second kappa shape index (κ2) is 7.66. The molecule has 0 atom stereocenters. The number of nitrogens with one attached hydrogen (secondary N) is 1. The average Bonchev–Trinajstić information content (AvgIpc) is 2.58. The molecule has 1 saturated heterocycles. The highest BCUT2D eigenvalue weighted by atomic mass is 19.1. The molecule has 1 heterocycles. The number of likely N-dealkylation sites (tertiary alicyclic amines) is 1. The Morgan fingerprint density at radius 1 is 1.22 bits per heavy atom. The molecule has 0 aromatic heterocycles. The Kier molecular flexibility index (Phi) is 5.26. The SMILES string of the molecule is CN(CCC1CC2CC(C1)C2)CC1CN(C(=O)Nc2cc(F)ccc2N)C1. The van der Waals surface area contributed by atoms with Crippen LogP contribution in [-0.2, 0) is 0 Å². The molecule has 3 saturated carbocycles. The standard InChI is InChI=1S/C21H31FN4O/c1-25(5-4-14-6-15-8-16(7-14)9-15)11-17-12-26(13-17)21(27)24-20-10-18(22)2-3-19(20)23/h2-3,10,14-17H,4-9,11-13,23H2,1H3,(H,24,27). The summed E-state index contributed by atoms with van der Waals surface area (Å²) in [6, 6.07) is 3.81. The molecule has 2 amide bonds. The predicted octanol–water partition coefficient (Wildman–Crippen LogP) is 3.63. The first-order valence-electron chi connectivity index (χ1n) is 10.3. The Balaban J connectivity index is 1.15. The highest BCUT2D eigenvalue weighted by molar-refractivity contribution is 5.93. The lowest BCUT2D eigenvalue weighted by Gasteiger charge is -2.46. The number of urea groups is 1. The maximum absolute atomic E-state index is 13.3. The Hall–Kier alpha value is -1.82. The number of benzene rings is 1. The van der Waals surface area contributed by atoms with Gasteiger partial charge in [0.15, 0.2) is 0 Å². The van der Waals surface area contributed by atoms with Crippen molar-refractivity contribution in [2.24, 2.45) is 23.7 Å². The van der Waals surface area contributed by atoms with E-state index in [9.17, 15) is 9.18 Å². The molecule has 0 radical (unpaired) electrons. The van der Waals surface area contributed by atoms with Gasteiger partial charge in [0.2, 0.25) is 0 Å². The van der Waals surface area contributed by atoms with E-state index in [2.05, 4.69) is 17.3 Å². The van der Waals surface area contributed by atoms with Crippen LogP contribution in [0.3, 0.4) is 0 Å². The van der Waals surface area contributed by atoms with E-state index in [0.717, 1.165) is 43.9 Å². The van der Waals surface area contributed by atoms with Gasteiger partial charge in [-0.3, -0.25) is 0 Å². The molecular formula is C21H31FN4O. The molecule has 5 rings (SSSR count). The van der Waals surface area contributed by atoms with E-state index < -0.39 is 5.82 Å². The molecule has 1 aromatic rings. The van der Waals surface area contributed by atoms with Crippen LogP contribution in [-0.4, -0.2) is 49.1 Å². The zero-order valence-electron chi connectivity index (χ0n) is 16.2. The lowest BCUT2D eigenvalue weighted by atomic mass is 9.61. The Labute approximate surface area is 161 Å². The number of anilines is 2. The molecule has 3 N–H and O–H groups in total. The van der Waals surface area contributed by atoms with Gasteiger partial charge in [0.25, 0.3) is 0 Å². The second-order valence-corrected chi connectivity index (χ2v) is 9.02. The molecule has 0 unspecified atom stereocenters. The van der Waals surface area contributed by atoms with E-state index in [1.54, 1.807) is 4.90 Å². The number of nitrogen functional groups attached to an aromatic ring is 1. The summed E-state index contributed by atoms with van der Waals surface area (Å²) < 4.78 is 13.3. The summed E-state index contributed by atoms with van der Waals surface area (Å²) in [5.74, 6) is 3.11. The van der Waals surface area contributed by atoms with Crippen molar-refractivity contribution in [1.29, 1.82) is 0 Å². The van der Waals surface area contributed by atoms with Gasteiger partial charge < -0.3 is 20.9 Å². The fourth-order valence-corrected chi connectivity index (χ4v) is 5.15. The largest absolute Gasteiger partial charge is 0.397 e. The summed E-state index contributed by atoms with van der Waals surface area (Å²) in [6.45, 7) is 3.69. The molecular weight excluding hydrogens is 343 g/mol. The minimum Gasteiger partial charge on any atom is -0.397 e. The van der Waals surface area contributed by atoms with Gasteiger partial charge in [-0.25, -0.2) is 9.18 Å². The summed E-state index contributed by atoms with van der Waals surface area (Å²) in [4.78, 5) is 16.5. The molecule has 4 aliphatic rings. The van der Waals surface area contributed by atoms with Gasteiger partial charge in [-0.1, -0.05) is 0 Å². The highest BCUT2D eigenvalue weighted by Gasteiger charge is 2.38. The normalized spacial score (nSPS) is 27.2. The van der Waals surface area contributed by atoms with Crippen molar-refractivity contribution in [2.75, 3.05) is 44.3 Å². The number of nitrogens with zero attached hydrogens (tertiary/aromatic N) is 2. The van der Waals surface area contributed by atoms with E-state index in [4.69, 9.17) is 5.73 Å². The lowest BCUT2D eigenvalue weighted by molar-refractivity contribution is 0.0553. The van der Waals surface area contributed by atoms with Crippen LogP contribution in [0.1, 0.15) is 32.1 Å². The van der Waals surface area contributed by atoms with Gasteiger partial charge in [-0.05, 0) is 81.6 Å². The fourth-order valence-electron chi connectivity index (χ4n) is 5.15. The number of carbonyl (C=O) groups is 1. The van der Waals surface area contributed by atoms with Crippen molar-refractivity contribution in [3.63, 3.8) is 0 Å². The maximum Gasteiger partial charge on any atom is 0.321 e. The van der Waals surface area contributed by atoms with Crippen LogP contribution in [0.2, 0.25) is 0 Å². The number of hydrogen-bond donors (Lipinski definition) is 2. The molecule has 2 bridgehead atoms. The molecule has 148 valence electrons. The van der Waals surface area contributed by atoms with Crippen LogP contribution < -0.4 is 11.1 Å². The number of amides is 2. The van der Waals surface area contributed by atoms with Crippen LogP contribution in [0, 0.1) is 29.5 Å². The summed E-state index contributed by atoms with van der Waals surface area (Å²) in [5.41, 5.74) is 6.51. The maximum atomic E-state index is 13.3. The van der Waals surface area contributed by atoms with Gasteiger partial charge in [-0.15, -0.1) is 0 Å². The Morgan fingerprint density at radius 2 is 1.93 bits per heavy atom. The van der Waals surface area contributed by atoms with Crippen molar-refractivity contribution in [1.82, 2.24) is 9.80 Å². The van der Waals surface area contributed by atoms with Crippen LogP contribution in [0.15, 0.2) is 18.2 Å². The first kappa shape index (κ1) is 18.5. The average molecular weight is 375 g/mol. The number of halogens is 1. The highest BCUT2D eigenvalue weighted by Crippen LogP contribution is 2.48. The Morgan fingerprint density at radius 3 is 2.63 bits per heavy atom. The molecule has 5 nitrogen and oxygen atoms in total. The quantitative estimate of drug-likeness (QED) is 0.748. The van der Waals surface area contributed by atoms with Crippen molar-refractivity contribution < 1.29 is 9.18 Å². The summed E-state index contributed by atoms with van der Waals surface area (Å²) >= 11 is 0. The van der Waals surface area contributed by atoms with E-state index in [-0.39, 0.29) is 6.03 Å². The topological polar surface area (TPSA) is 61.6 Å². The van der Waals surface area contributed by atoms with Crippen molar-refractivity contribution in [2.45, 2.75) is 32.1 Å². The zero-order chi connectivity index (χ0) is 19.0. The molecule has 6 heteroatoms. The molecule has 27 heavy (non-hydrogen) atoms. The van der Waals surface area contributed by atoms with Crippen molar-refractivity contribution in [3.8, 4) is 0 Å². The number of rotatable bonds is 6. The second-order valence-electron chi connectivity index (χ2n) is 9.02. The minimum absolute atomic E-state index is 0.201. The number of carbonyl (C=O) groups excluding carboxylic acids is 1. The Bertz CT molecular complexity index is 675. The number of fused-ring (bicyclic) bond motifs is 2. The molecule has 0 spiro atoms. The van der Waals surface area contributed by atoms with Gasteiger partial charge in [0.1, 0.15) is 5.82 Å². The number of nitrogens with two attached hydrogens (primary N) is 1. The van der Waals surface area contributed by atoms with Crippen LogP contribution >= 0.6 is 0 Å². The van der Waals surface area contributed by atoms with Crippen LogP contribution in [0.25, 0.3) is 0 Å². The van der Waals surface area contributed by atoms with Crippen molar-refractivity contribution in [3.05, 3.63) is 24.0 Å². The van der Waals surface area contributed by atoms with Gasteiger partial charge in [0.05, 0.1) is 11.4 Å². The number of hydrogen-bond acceptors (Lipinski definition) is 3. The summed E-state index contributed by atoms with van der Waals surface area (Å²) in [7, 11) is 2.19. The third kappa shape index (κ3) is 4.37. The van der Waals surface area contributed by atoms with Gasteiger partial charge in [-0.2, -0.15) is 0 Å². The van der Waals surface area contributed by atoms with Gasteiger partial charge >= 0.3 is 6.03 Å². The molecule has 1 aromatic carbocycles. The monoisotopic (exact) mass is 374 g/mol. The fraction of sp³-hybridized carbons (Fsp3) is 0.667. The summed E-state index contributed by atoms with van der Waals surface area (Å²) in [6.07, 6.45) is 7.20. The van der Waals surface area contributed by atoms with E-state index >= 15 is 0 Å². The smallest absolute Gasteiger partial charge is 0.321 e. The predicted molar refractivity (Wildman–Crippen MR) is 106 cm³/mol. The van der Waals surface area contributed by atoms with E-state index in [1.807, 2.05) is 0 Å². The van der Waals surface area contributed by atoms with Gasteiger partial charge in [0, 0.05) is 25.6 Å². The lowest BCUT2D eigenvalue weighted by Crippen LogP contribution is -2.54. The van der Waals surface area contributed by atoms with Crippen molar-refractivity contribution >= 4 is 17.4 Å². The minimum atomic E-state index is -0.405. The van der Waals surface area contributed by atoms with Crippen LogP contribution in [0.5, 0.6) is 0 Å². The first-order chi connectivity index (χ1) is 13.0. The molecule has 4 fully saturated rings. The van der Waals surface area contributed by atoms with Crippen LogP contribution in [0.4, 0.5) is 20.6 Å². The molecule has 1 aliphatic heterocycles. The zero-order valence-corrected chi connectivity index (χ0v) is 16.2. The van der Waals surface area contributed by atoms with E-state index in [1.165, 1.54) is 50.3 Å². The first-order valence-corrected chi connectivity index (χ1v) is 10.3. The third-order valence-electron chi connectivity index (χ3n) is 6.66. The third-order valence-corrected chi connectivity index (χ3v) is 6.66.